The topological polar surface area (TPSA) is 50.3 Å². The van der Waals surface area contributed by atoms with E-state index >= 15 is 0 Å². The molecule has 1 aliphatic heterocycles. The standard InChI is InChI=1S/C29H17F3N2O2/c30-29(31,32)22-14-11-21(12-15-22)26-24(17-10-19-6-2-1-3-7-19)27(35)34(28(26)36)18-23-16-13-20-8-4-5-9-25(20)33-23/h1-9,11-16H,18H2. The Bertz CT molecular complexity index is 1580. The summed E-state index contributed by atoms with van der Waals surface area (Å²) in [6.07, 6.45) is -4.52. The minimum Gasteiger partial charge on any atom is -0.269 e. The second-order valence-corrected chi connectivity index (χ2v) is 8.13. The summed E-state index contributed by atoms with van der Waals surface area (Å²) < 4.78 is 39.2. The second kappa shape index (κ2) is 9.16. The molecule has 7 heteroatoms. The third-order valence-corrected chi connectivity index (χ3v) is 5.75. The van der Waals surface area contributed by atoms with E-state index in [4.69, 9.17) is 0 Å². The lowest BCUT2D eigenvalue weighted by Gasteiger charge is -2.15. The summed E-state index contributed by atoms with van der Waals surface area (Å²) >= 11 is 0. The number of hydrogen-bond acceptors (Lipinski definition) is 3. The molecule has 36 heavy (non-hydrogen) atoms. The maximum Gasteiger partial charge on any atom is 0.416 e. The lowest BCUT2D eigenvalue weighted by atomic mass is 10.00. The SMILES string of the molecule is O=C1C(C#Cc2ccccc2)=C(c2ccc(C(F)(F)F)cc2)C(=O)N1Cc1ccc2ccccc2n1. The van der Waals surface area contributed by atoms with Crippen molar-refractivity contribution < 1.29 is 22.8 Å². The van der Waals surface area contributed by atoms with E-state index in [1.54, 1.807) is 30.3 Å². The summed E-state index contributed by atoms with van der Waals surface area (Å²) in [4.78, 5) is 32.3. The van der Waals surface area contributed by atoms with Crippen molar-refractivity contribution in [1.82, 2.24) is 9.88 Å². The predicted octanol–water partition coefficient (Wildman–Crippen LogP) is 5.63. The maximum atomic E-state index is 13.4. The minimum absolute atomic E-state index is 0.0297. The van der Waals surface area contributed by atoms with Gasteiger partial charge in [0.25, 0.3) is 11.8 Å². The van der Waals surface area contributed by atoms with Gasteiger partial charge in [0.1, 0.15) is 5.57 Å². The Morgan fingerprint density at radius 3 is 2.17 bits per heavy atom. The van der Waals surface area contributed by atoms with Crippen molar-refractivity contribution in [3.63, 3.8) is 0 Å². The van der Waals surface area contributed by atoms with Gasteiger partial charge in [-0.25, -0.2) is 0 Å². The van der Waals surface area contributed by atoms with Crippen LogP contribution in [0.2, 0.25) is 0 Å². The molecule has 0 fully saturated rings. The first-order valence-corrected chi connectivity index (χ1v) is 11.0. The molecular weight excluding hydrogens is 465 g/mol. The maximum absolute atomic E-state index is 13.4. The Labute approximate surface area is 204 Å². The molecule has 4 nitrogen and oxygen atoms in total. The van der Waals surface area contributed by atoms with Gasteiger partial charge in [0, 0.05) is 10.9 Å². The zero-order valence-corrected chi connectivity index (χ0v) is 18.7. The van der Waals surface area contributed by atoms with Crippen LogP contribution in [0.3, 0.4) is 0 Å². The number of nitrogens with zero attached hydrogens (tertiary/aromatic N) is 2. The predicted molar refractivity (Wildman–Crippen MR) is 129 cm³/mol. The molecule has 5 rings (SSSR count). The minimum atomic E-state index is -4.52. The van der Waals surface area contributed by atoms with Gasteiger partial charge in [-0.15, -0.1) is 0 Å². The molecule has 0 N–H and O–H groups in total. The number of rotatable bonds is 3. The zero-order valence-electron chi connectivity index (χ0n) is 18.7. The van der Waals surface area contributed by atoms with Crippen LogP contribution in [-0.2, 0) is 22.3 Å². The van der Waals surface area contributed by atoms with Gasteiger partial charge in [-0.2, -0.15) is 13.2 Å². The van der Waals surface area contributed by atoms with Crippen LogP contribution in [0.4, 0.5) is 13.2 Å². The zero-order chi connectivity index (χ0) is 25.3. The molecule has 0 aliphatic carbocycles. The van der Waals surface area contributed by atoms with Crippen LogP contribution in [0.5, 0.6) is 0 Å². The number of carbonyl (C=O) groups excluding carboxylic acids is 2. The molecule has 4 aromatic rings. The molecule has 0 spiro atoms. The molecule has 0 saturated carbocycles. The molecule has 1 aromatic heterocycles. The lowest BCUT2D eigenvalue weighted by molar-refractivity contribution is -0.138. The summed E-state index contributed by atoms with van der Waals surface area (Å²) in [5, 5.41) is 0.915. The average Bonchev–Trinajstić information content (AvgIpc) is 3.11. The van der Waals surface area contributed by atoms with E-state index in [0.717, 1.165) is 22.4 Å². The first-order valence-electron chi connectivity index (χ1n) is 11.0. The molecular formula is C29H17F3N2O2. The van der Waals surface area contributed by atoms with Crippen molar-refractivity contribution in [1.29, 1.82) is 0 Å². The van der Waals surface area contributed by atoms with Crippen LogP contribution in [0.15, 0.2) is 96.6 Å². The number of amides is 2. The van der Waals surface area contributed by atoms with Gasteiger partial charge in [0.15, 0.2) is 0 Å². The van der Waals surface area contributed by atoms with E-state index < -0.39 is 23.6 Å². The van der Waals surface area contributed by atoms with Gasteiger partial charge < -0.3 is 0 Å². The van der Waals surface area contributed by atoms with Crippen LogP contribution in [0, 0.1) is 11.8 Å². The molecule has 2 amide bonds. The van der Waals surface area contributed by atoms with Gasteiger partial charge in [0.2, 0.25) is 0 Å². The van der Waals surface area contributed by atoms with E-state index in [0.29, 0.717) is 16.8 Å². The Hall–Kier alpha value is -4.70. The van der Waals surface area contributed by atoms with Crippen molar-refractivity contribution in [2.45, 2.75) is 12.7 Å². The monoisotopic (exact) mass is 482 g/mol. The molecule has 1 aliphatic rings. The number of imide groups is 1. The van der Waals surface area contributed by atoms with Gasteiger partial charge in [0.05, 0.1) is 28.9 Å². The van der Waals surface area contributed by atoms with Crippen LogP contribution in [0.1, 0.15) is 22.4 Å². The number of pyridine rings is 1. The number of hydrogen-bond donors (Lipinski definition) is 0. The van der Waals surface area contributed by atoms with Crippen molar-refractivity contribution in [3.8, 4) is 11.8 Å². The van der Waals surface area contributed by atoms with E-state index in [1.807, 2.05) is 36.4 Å². The first-order chi connectivity index (χ1) is 17.3. The number of halogens is 3. The molecule has 0 unspecified atom stereocenters. The van der Waals surface area contributed by atoms with Crippen molar-refractivity contribution >= 4 is 28.3 Å². The van der Waals surface area contributed by atoms with Gasteiger partial charge in [-0.05, 0) is 42.0 Å². The fraction of sp³-hybridized carbons (Fsp3) is 0.0690. The highest BCUT2D eigenvalue weighted by atomic mass is 19.4. The molecule has 0 bridgehead atoms. The number of carbonyl (C=O) groups is 2. The van der Waals surface area contributed by atoms with Gasteiger partial charge in [-0.3, -0.25) is 19.5 Å². The quantitative estimate of drug-likeness (QED) is 0.281. The van der Waals surface area contributed by atoms with E-state index in [1.165, 1.54) is 12.1 Å². The number of benzene rings is 3. The Morgan fingerprint density at radius 1 is 0.750 bits per heavy atom. The highest BCUT2D eigenvalue weighted by Gasteiger charge is 2.39. The van der Waals surface area contributed by atoms with Crippen LogP contribution < -0.4 is 0 Å². The summed E-state index contributed by atoms with van der Waals surface area (Å²) in [5.41, 5.74) is 1.09. The average molecular weight is 482 g/mol. The molecule has 0 saturated heterocycles. The number of alkyl halides is 3. The lowest BCUT2D eigenvalue weighted by Crippen LogP contribution is -2.31. The number of para-hydroxylation sites is 1. The van der Waals surface area contributed by atoms with Crippen molar-refractivity contribution in [3.05, 3.63) is 119 Å². The highest BCUT2D eigenvalue weighted by molar-refractivity contribution is 6.37. The summed E-state index contributed by atoms with van der Waals surface area (Å²) in [6, 6.07) is 24.1. The van der Waals surface area contributed by atoms with E-state index in [2.05, 4.69) is 16.8 Å². The summed E-state index contributed by atoms with van der Waals surface area (Å²) in [7, 11) is 0. The van der Waals surface area contributed by atoms with Crippen molar-refractivity contribution in [2.24, 2.45) is 0 Å². The Kier molecular flexibility index (Phi) is 5.87. The van der Waals surface area contributed by atoms with Crippen LogP contribution in [-0.4, -0.2) is 21.7 Å². The second-order valence-electron chi connectivity index (χ2n) is 8.13. The molecule has 176 valence electrons. The largest absolute Gasteiger partial charge is 0.416 e. The number of aromatic nitrogens is 1. The smallest absolute Gasteiger partial charge is 0.269 e. The molecule has 0 atom stereocenters. The molecule has 2 heterocycles. The molecule has 0 radical (unpaired) electrons. The number of fused-ring (bicyclic) bond motifs is 1. The Morgan fingerprint density at radius 2 is 1.44 bits per heavy atom. The molecule has 3 aromatic carbocycles. The third-order valence-electron chi connectivity index (χ3n) is 5.75. The summed E-state index contributed by atoms with van der Waals surface area (Å²) in [6.45, 7) is -0.0941. The fourth-order valence-electron chi connectivity index (χ4n) is 3.94. The first kappa shape index (κ1) is 23.1. The summed E-state index contributed by atoms with van der Waals surface area (Å²) in [5.74, 6) is 4.42. The fourth-order valence-corrected chi connectivity index (χ4v) is 3.94. The highest BCUT2D eigenvalue weighted by Crippen LogP contribution is 2.34. The third kappa shape index (κ3) is 4.49. The van der Waals surface area contributed by atoms with E-state index in [-0.39, 0.29) is 23.3 Å². The van der Waals surface area contributed by atoms with Crippen LogP contribution in [0.25, 0.3) is 16.5 Å². The Balaban J connectivity index is 1.54. The normalized spacial score (nSPS) is 13.8. The van der Waals surface area contributed by atoms with Crippen molar-refractivity contribution in [2.75, 3.05) is 0 Å². The van der Waals surface area contributed by atoms with E-state index in [9.17, 15) is 22.8 Å². The van der Waals surface area contributed by atoms with Gasteiger partial charge in [-0.1, -0.05) is 66.4 Å². The van der Waals surface area contributed by atoms with Crippen LogP contribution >= 0.6 is 0 Å². The van der Waals surface area contributed by atoms with Gasteiger partial charge >= 0.3 is 6.18 Å².